The van der Waals surface area contributed by atoms with Crippen molar-refractivity contribution in [2.24, 2.45) is 5.92 Å². The smallest absolute Gasteiger partial charge is 0.312 e. The van der Waals surface area contributed by atoms with E-state index in [1.807, 2.05) is 45.0 Å². The fourth-order valence-electron chi connectivity index (χ4n) is 2.07. The first kappa shape index (κ1) is 19.1. The van der Waals surface area contributed by atoms with Gasteiger partial charge in [0.25, 0.3) is 0 Å². The SMILES string of the molecule is CC(C)OC(=O)C(C)C(C)Oc1ccc(Oc2ccc(Cl)cc2)cc1. The van der Waals surface area contributed by atoms with E-state index in [-0.39, 0.29) is 24.1 Å². The lowest BCUT2D eigenvalue weighted by Gasteiger charge is -2.21. The maximum absolute atomic E-state index is 11.9. The Labute approximate surface area is 153 Å². The van der Waals surface area contributed by atoms with E-state index in [0.29, 0.717) is 22.3 Å². The Hall–Kier alpha value is -2.20. The molecule has 0 aromatic heterocycles. The molecule has 2 atom stereocenters. The average Bonchev–Trinajstić information content (AvgIpc) is 2.57. The molecule has 0 fully saturated rings. The third kappa shape index (κ3) is 5.98. The number of benzene rings is 2. The van der Waals surface area contributed by atoms with Crippen molar-refractivity contribution in [3.05, 3.63) is 53.6 Å². The van der Waals surface area contributed by atoms with E-state index in [9.17, 15) is 4.79 Å². The minimum Gasteiger partial charge on any atom is -0.490 e. The number of hydrogen-bond acceptors (Lipinski definition) is 4. The van der Waals surface area contributed by atoms with Gasteiger partial charge in [0.05, 0.1) is 12.0 Å². The fraction of sp³-hybridized carbons (Fsp3) is 0.350. The zero-order chi connectivity index (χ0) is 18.4. The van der Waals surface area contributed by atoms with Crippen LogP contribution in [0.15, 0.2) is 48.5 Å². The molecule has 0 amide bonds. The monoisotopic (exact) mass is 362 g/mol. The van der Waals surface area contributed by atoms with Crippen molar-refractivity contribution in [2.45, 2.75) is 39.9 Å². The molecule has 0 aliphatic heterocycles. The van der Waals surface area contributed by atoms with E-state index in [0.717, 1.165) is 0 Å². The van der Waals surface area contributed by atoms with Crippen molar-refractivity contribution in [2.75, 3.05) is 0 Å². The van der Waals surface area contributed by atoms with Crippen molar-refractivity contribution in [1.29, 1.82) is 0 Å². The first-order valence-electron chi connectivity index (χ1n) is 8.26. The van der Waals surface area contributed by atoms with Gasteiger partial charge < -0.3 is 14.2 Å². The maximum atomic E-state index is 11.9. The lowest BCUT2D eigenvalue weighted by molar-refractivity contribution is -0.154. The highest BCUT2D eigenvalue weighted by Gasteiger charge is 2.24. The Kier molecular flexibility index (Phi) is 6.71. The lowest BCUT2D eigenvalue weighted by Crippen LogP contribution is -2.31. The number of carbonyl (C=O) groups excluding carboxylic acids is 1. The normalized spacial score (nSPS) is 13.2. The largest absolute Gasteiger partial charge is 0.490 e. The molecule has 2 aromatic rings. The third-order valence-electron chi connectivity index (χ3n) is 3.62. The van der Waals surface area contributed by atoms with Crippen LogP contribution in [-0.4, -0.2) is 18.2 Å². The van der Waals surface area contributed by atoms with Gasteiger partial charge in [0.15, 0.2) is 0 Å². The summed E-state index contributed by atoms with van der Waals surface area (Å²) in [5.74, 6) is 1.45. The van der Waals surface area contributed by atoms with Gasteiger partial charge >= 0.3 is 5.97 Å². The van der Waals surface area contributed by atoms with E-state index in [2.05, 4.69) is 0 Å². The number of rotatable bonds is 7. The lowest BCUT2D eigenvalue weighted by atomic mass is 10.1. The van der Waals surface area contributed by atoms with E-state index in [1.54, 1.807) is 31.2 Å². The molecular weight excluding hydrogens is 340 g/mol. The molecule has 2 unspecified atom stereocenters. The Balaban J connectivity index is 1.93. The Morgan fingerprint density at radius 3 is 1.84 bits per heavy atom. The zero-order valence-corrected chi connectivity index (χ0v) is 15.6. The molecule has 134 valence electrons. The molecule has 2 aromatic carbocycles. The van der Waals surface area contributed by atoms with Crippen molar-refractivity contribution in [3.63, 3.8) is 0 Å². The molecule has 5 heteroatoms. The van der Waals surface area contributed by atoms with Gasteiger partial charge in [-0.2, -0.15) is 0 Å². The summed E-state index contributed by atoms with van der Waals surface area (Å²) < 4.78 is 16.8. The summed E-state index contributed by atoms with van der Waals surface area (Å²) >= 11 is 5.85. The van der Waals surface area contributed by atoms with Crippen LogP contribution in [0.2, 0.25) is 5.02 Å². The highest BCUT2D eigenvalue weighted by atomic mass is 35.5. The van der Waals surface area contributed by atoms with Gasteiger partial charge in [0.1, 0.15) is 23.4 Å². The van der Waals surface area contributed by atoms with E-state index in [1.165, 1.54) is 0 Å². The number of halogens is 1. The quantitative estimate of drug-likeness (QED) is 0.611. The Morgan fingerprint density at radius 1 is 0.840 bits per heavy atom. The van der Waals surface area contributed by atoms with Crippen LogP contribution in [0.25, 0.3) is 0 Å². The molecule has 4 nitrogen and oxygen atoms in total. The van der Waals surface area contributed by atoms with Gasteiger partial charge in [0.2, 0.25) is 0 Å². The second kappa shape index (κ2) is 8.77. The molecule has 0 aliphatic carbocycles. The van der Waals surface area contributed by atoms with Crippen molar-refractivity contribution in [1.82, 2.24) is 0 Å². The van der Waals surface area contributed by atoms with Crippen molar-refractivity contribution in [3.8, 4) is 17.2 Å². The number of esters is 1. The molecular formula is C20H23ClO4. The van der Waals surface area contributed by atoms with Crippen LogP contribution in [0.1, 0.15) is 27.7 Å². The average molecular weight is 363 g/mol. The Morgan fingerprint density at radius 2 is 1.32 bits per heavy atom. The molecule has 0 N–H and O–H groups in total. The van der Waals surface area contributed by atoms with Gasteiger partial charge in [-0.15, -0.1) is 0 Å². The maximum Gasteiger partial charge on any atom is 0.312 e. The molecule has 2 rings (SSSR count). The molecule has 0 saturated carbocycles. The molecule has 0 aliphatic rings. The summed E-state index contributed by atoms with van der Waals surface area (Å²) in [6, 6.07) is 14.4. The van der Waals surface area contributed by atoms with Crippen LogP contribution in [0.4, 0.5) is 0 Å². The minimum atomic E-state index is -0.354. The second-order valence-electron chi connectivity index (χ2n) is 6.12. The van der Waals surface area contributed by atoms with Gasteiger partial charge in [-0.25, -0.2) is 0 Å². The first-order chi connectivity index (χ1) is 11.8. The summed E-state index contributed by atoms with van der Waals surface area (Å²) in [7, 11) is 0. The molecule has 0 heterocycles. The summed E-state index contributed by atoms with van der Waals surface area (Å²) in [5.41, 5.74) is 0. The van der Waals surface area contributed by atoms with Crippen molar-refractivity contribution >= 4 is 17.6 Å². The number of carbonyl (C=O) groups is 1. The predicted octanol–water partition coefficient (Wildman–Crippen LogP) is 5.49. The minimum absolute atomic E-state index is 0.133. The van der Waals surface area contributed by atoms with Crippen molar-refractivity contribution < 1.29 is 19.0 Å². The van der Waals surface area contributed by atoms with E-state index < -0.39 is 0 Å². The first-order valence-corrected chi connectivity index (χ1v) is 8.63. The van der Waals surface area contributed by atoms with E-state index in [4.69, 9.17) is 25.8 Å². The van der Waals surface area contributed by atoms with Gasteiger partial charge in [0, 0.05) is 5.02 Å². The van der Waals surface area contributed by atoms with Crippen LogP contribution in [0, 0.1) is 5.92 Å². The highest BCUT2D eigenvalue weighted by molar-refractivity contribution is 6.30. The topological polar surface area (TPSA) is 44.8 Å². The molecule has 0 spiro atoms. The van der Waals surface area contributed by atoms with Gasteiger partial charge in [-0.05, 0) is 76.2 Å². The summed E-state index contributed by atoms with van der Waals surface area (Å²) in [5, 5.41) is 0.662. The second-order valence-corrected chi connectivity index (χ2v) is 6.56. The summed E-state index contributed by atoms with van der Waals surface area (Å²) in [6.07, 6.45) is -0.430. The highest BCUT2D eigenvalue weighted by Crippen LogP contribution is 2.26. The van der Waals surface area contributed by atoms with Crippen LogP contribution in [-0.2, 0) is 9.53 Å². The van der Waals surface area contributed by atoms with Gasteiger partial charge in [-0.3, -0.25) is 4.79 Å². The molecule has 0 saturated heterocycles. The molecule has 0 radical (unpaired) electrons. The standard InChI is InChI=1S/C20H23ClO4/c1-13(2)23-20(22)14(3)15(4)24-17-9-11-19(12-10-17)25-18-7-5-16(21)6-8-18/h5-15H,1-4H3. The number of ether oxygens (including phenoxy) is 3. The molecule has 0 bridgehead atoms. The predicted molar refractivity (Wildman–Crippen MR) is 98.5 cm³/mol. The summed E-state index contributed by atoms with van der Waals surface area (Å²) in [4.78, 5) is 11.9. The third-order valence-corrected chi connectivity index (χ3v) is 3.87. The molecule has 25 heavy (non-hydrogen) atoms. The summed E-state index contributed by atoms with van der Waals surface area (Å²) in [6.45, 7) is 7.31. The van der Waals surface area contributed by atoms with Crippen LogP contribution in [0.3, 0.4) is 0 Å². The van der Waals surface area contributed by atoms with Gasteiger partial charge in [-0.1, -0.05) is 11.6 Å². The van der Waals surface area contributed by atoms with Crippen LogP contribution in [0.5, 0.6) is 17.2 Å². The van der Waals surface area contributed by atoms with E-state index >= 15 is 0 Å². The Bertz CT molecular complexity index is 680. The fourth-order valence-corrected chi connectivity index (χ4v) is 2.20. The zero-order valence-electron chi connectivity index (χ0n) is 14.9. The van der Waals surface area contributed by atoms with Crippen LogP contribution < -0.4 is 9.47 Å². The van der Waals surface area contributed by atoms with Crippen LogP contribution >= 0.6 is 11.6 Å². The number of hydrogen-bond donors (Lipinski definition) is 0.